The van der Waals surface area contributed by atoms with Gasteiger partial charge in [0.25, 0.3) is 10.2 Å². The van der Waals surface area contributed by atoms with Gasteiger partial charge < -0.3 is 5.32 Å². The summed E-state index contributed by atoms with van der Waals surface area (Å²) in [7, 11) is -1.61. The fourth-order valence-electron chi connectivity index (χ4n) is 2.63. The molecule has 0 saturated carbocycles. The first-order valence-corrected chi connectivity index (χ1v) is 9.26. The summed E-state index contributed by atoms with van der Waals surface area (Å²) < 4.78 is 28.7. The van der Waals surface area contributed by atoms with E-state index in [2.05, 4.69) is 26.1 Å². The molecule has 0 aliphatic carbocycles. The van der Waals surface area contributed by atoms with Gasteiger partial charge in [0.05, 0.1) is 0 Å². The Labute approximate surface area is 124 Å². The van der Waals surface area contributed by atoms with Gasteiger partial charge >= 0.3 is 0 Å². The number of hydrogen-bond acceptors (Lipinski definition) is 3. The minimum absolute atomic E-state index is 0.105. The summed E-state index contributed by atoms with van der Waals surface area (Å²) in [5.74, 6) is 0.395. The van der Waals surface area contributed by atoms with E-state index in [0.717, 1.165) is 38.8 Å². The summed E-state index contributed by atoms with van der Waals surface area (Å²) >= 11 is 0. The number of nitrogens with one attached hydrogen (secondary N) is 1. The fourth-order valence-corrected chi connectivity index (χ4v) is 4.35. The first-order valence-electron chi connectivity index (χ1n) is 7.87. The molecule has 120 valence electrons. The van der Waals surface area contributed by atoms with Gasteiger partial charge in [-0.3, -0.25) is 0 Å². The zero-order valence-electron chi connectivity index (χ0n) is 13.4. The van der Waals surface area contributed by atoms with E-state index in [9.17, 15) is 8.42 Å². The molecule has 1 aliphatic heterocycles. The highest BCUT2D eigenvalue weighted by molar-refractivity contribution is 7.86. The molecular weight excluding hydrogens is 274 g/mol. The summed E-state index contributed by atoms with van der Waals surface area (Å²) in [6.07, 6.45) is 4.06. The molecule has 0 aromatic carbocycles. The summed E-state index contributed by atoms with van der Waals surface area (Å²) in [5, 5.41) is 3.29. The standard InChI is InChI=1S/C14H31N3O2S/c1-5-13(3)12-16(4)20(18,19)17-10-8-7-9-14(17)11-15-6-2/h13-15H,5-12H2,1-4H3. The first kappa shape index (κ1) is 17.9. The molecule has 5 nitrogen and oxygen atoms in total. The molecule has 2 atom stereocenters. The molecule has 1 fully saturated rings. The van der Waals surface area contributed by atoms with Gasteiger partial charge in [-0.25, -0.2) is 0 Å². The molecule has 1 heterocycles. The van der Waals surface area contributed by atoms with E-state index in [4.69, 9.17) is 0 Å². The Morgan fingerprint density at radius 1 is 1.35 bits per heavy atom. The number of piperidine rings is 1. The van der Waals surface area contributed by atoms with Crippen molar-refractivity contribution in [3.63, 3.8) is 0 Å². The van der Waals surface area contributed by atoms with E-state index >= 15 is 0 Å². The van der Waals surface area contributed by atoms with Crippen LogP contribution in [-0.4, -0.2) is 56.3 Å². The van der Waals surface area contributed by atoms with Crippen LogP contribution >= 0.6 is 0 Å². The van der Waals surface area contributed by atoms with E-state index in [1.807, 2.05) is 0 Å². The van der Waals surface area contributed by atoms with Crippen LogP contribution in [0.2, 0.25) is 0 Å². The Bertz CT molecular complexity index is 373. The van der Waals surface area contributed by atoms with Crippen molar-refractivity contribution in [2.75, 3.05) is 33.2 Å². The molecular formula is C14H31N3O2S. The van der Waals surface area contributed by atoms with Crippen LogP contribution in [0.1, 0.15) is 46.5 Å². The second kappa shape index (κ2) is 8.32. The maximum atomic E-state index is 12.7. The van der Waals surface area contributed by atoms with Crippen molar-refractivity contribution in [2.45, 2.75) is 52.5 Å². The molecule has 0 spiro atoms. The Hall–Kier alpha value is -0.170. The van der Waals surface area contributed by atoms with Crippen LogP contribution in [0.3, 0.4) is 0 Å². The van der Waals surface area contributed by atoms with Crippen molar-refractivity contribution in [3.05, 3.63) is 0 Å². The van der Waals surface area contributed by atoms with Crippen LogP contribution in [0, 0.1) is 5.92 Å². The largest absolute Gasteiger partial charge is 0.315 e. The first-order chi connectivity index (χ1) is 9.43. The highest BCUT2D eigenvalue weighted by Crippen LogP contribution is 2.22. The lowest BCUT2D eigenvalue weighted by atomic mass is 10.1. The predicted octanol–water partition coefficient (Wildman–Crippen LogP) is 1.67. The SMILES string of the molecule is CCNCC1CCCCN1S(=O)(=O)N(C)CC(C)CC. The highest BCUT2D eigenvalue weighted by Gasteiger charge is 2.34. The van der Waals surface area contributed by atoms with Crippen molar-refractivity contribution in [2.24, 2.45) is 5.92 Å². The monoisotopic (exact) mass is 305 g/mol. The third-order valence-corrected chi connectivity index (χ3v) is 6.17. The lowest BCUT2D eigenvalue weighted by Crippen LogP contribution is -2.53. The lowest BCUT2D eigenvalue weighted by molar-refractivity contribution is 0.227. The number of nitrogens with zero attached hydrogens (tertiary/aromatic N) is 2. The van der Waals surface area contributed by atoms with Gasteiger partial charge in [0.15, 0.2) is 0 Å². The van der Waals surface area contributed by atoms with Gasteiger partial charge in [-0.1, -0.05) is 33.6 Å². The Morgan fingerprint density at radius 2 is 2.05 bits per heavy atom. The van der Waals surface area contributed by atoms with Gasteiger partial charge in [-0.05, 0) is 25.3 Å². The van der Waals surface area contributed by atoms with Crippen LogP contribution in [0.5, 0.6) is 0 Å². The van der Waals surface area contributed by atoms with Crippen molar-refractivity contribution >= 4 is 10.2 Å². The molecule has 20 heavy (non-hydrogen) atoms. The van der Waals surface area contributed by atoms with E-state index < -0.39 is 10.2 Å². The van der Waals surface area contributed by atoms with Crippen molar-refractivity contribution in [3.8, 4) is 0 Å². The van der Waals surface area contributed by atoms with Crippen molar-refractivity contribution in [1.29, 1.82) is 0 Å². The summed E-state index contributed by atoms with van der Waals surface area (Å²) in [5.41, 5.74) is 0. The molecule has 1 aliphatic rings. The average molecular weight is 305 g/mol. The Kier molecular flexibility index (Phi) is 7.43. The zero-order chi connectivity index (χ0) is 15.2. The quantitative estimate of drug-likeness (QED) is 0.742. The van der Waals surface area contributed by atoms with E-state index in [-0.39, 0.29) is 6.04 Å². The smallest absolute Gasteiger partial charge is 0.282 e. The highest BCUT2D eigenvalue weighted by atomic mass is 32.2. The number of hydrogen-bond donors (Lipinski definition) is 1. The van der Waals surface area contributed by atoms with Gasteiger partial charge in [-0.2, -0.15) is 17.0 Å². The summed E-state index contributed by atoms with van der Waals surface area (Å²) in [6.45, 7) is 9.14. The van der Waals surface area contributed by atoms with Gasteiger partial charge in [0, 0.05) is 32.7 Å². The number of likely N-dealkylation sites (N-methyl/N-ethyl adjacent to an activating group) is 1. The molecule has 0 radical (unpaired) electrons. The zero-order valence-corrected chi connectivity index (χ0v) is 14.2. The maximum absolute atomic E-state index is 12.7. The molecule has 0 aromatic rings. The second-order valence-electron chi connectivity index (χ2n) is 5.87. The second-order valence-corrected chi connectivity index (χ2v) is 7.86. The predicted molar refractivity (Wildman–Crippen MR) is 83.9 cm³/mol. The summed E-state index contributed by atoms with van der Waals surface area (Å²) in [6, 6.07) is 0.105. The molecule has 1 saturated heterocycles. The minimum atomic E-state index is -3.32. The van der Waals surface area contributed by atoms with Crippen molar-refractivity contribution in [1.82, 2.24) is 13.9 Å². The van der Waals surface area contributed by atoms with Crippen LogP contribution in [0.15, 0.2) is 0 Å². The van der Waals surface area contributed by atoms with Crippen molar-refractivity contribution < 1.29 is 8.42 Å². The number of rotatable bonds is 8. The molecule has 0 bridgehead atoms. The average Bonchev–Trinajstić information content (AvgIpc) is 2.45. The van der Waals surface area contributed by atoms with Gasteiger partial charge in [0.1, 0.15) is 0 Å². The molecule has 2 unspecified atom stereocenters. The summed E-state index contributed by atoms with van der Waals surface area (Å²) in [4.78, 5) is 0. The van der Waals surface area contributed by atoms with Gasteiger partial charge in [0.2, 0.25) is 0 Å². The Morgan fingerprint density at radius 3 is 2.65 bits per heavy atom. The molecule has 1 N–H and O–H groups in total. The lowest BCUT2D eigenvalue weighted by Gasteiger charge is -2.37. The minimum Gasteiger partial charge on any atom is -0.315 e. The third kappa shape index (κ3) is 4.69. The van der Waals surface area contributed by atoms with Crippen LogP contribution < -0.4 is 5.32 Å². The van der Waals surface area contributed by atoms with E-state index in [1.165, 1.54) is 4.31 Å². The normalized spacial score (nSPS) is 23.1. The Balaban J connectivity index is 2.75. The third-order valence-electron chi connectivity index (χ3n) is 4.16. The molecule has 0 amide bonds. The fraction of sp³-hybridized carbons (Fsp3) is 1.00. The van der Waals surface area contributed by atoms with Crippen LogP contribution in [0.25, 0.3) is 0 Å². The molecule has 0 aromatic heterocycles. The van der Waals surface area contributed by atoms with Crippen LogP contribution in [-0.2, 0) is 10.2 Å². The van der Waals surface area contributed by atoms with Gasteiger partial charge in [-0.15, -0.1) is 0 Å². The van der Waals surface area contributed by atoms with E-state index in [0.29, 0.717) is 19.0 Å². The molecule has 6 heteroatoms. The van der Waals surface area contributed by atoms with Crippen LogP contribution in [0.4, 0.5) is 0 Å². The topological polar surface area (TPSA) is 52.7 Å². The maximum Gasteiger partial charge on any atom is 0.282 e. The van der Waals surface area contributed by atoms with E-state index in [1.54, 1.807) is 11.4 Å². The molecule has 1 rings (SSSR count).